The van der Waals surface area contributed by atoms with E-state index >= 15 is 0 Å². The number of likely N-dealkylation sites (tertiary alicyclic amines) is 1. The number of thiazole rings is 1. The van der Waals surface area contributed by atoms with Crippen LogP contribution in [0.5, 0.6) is 5.75 Å². The first-order valence-electron chi connectivity index (χ1n) is 11.8. The lowest BCUT2D eigenvalue weighted by atomic mass is 10.1. The fourth-order valence-corrected chi connectivity index (χ4v) is 4.77. The maximum Gasteiger partial charge on any atom is 0.451 e. The van der Waals surface area contributed by atoms with Crippen molar-refractivity contribution in [3.8, 4) is 16.3 Å². The molecule has 1 aliphatic rings. The average Bonchev–Trinajstić information content (AvgIpc) is 3.30. The Morgan fingerprint density at radius 3 is 2.44 bits per heavy atom. The number of carbonyl (C=O) groups is 1. The molecule has 3 heterocycles. The molecule has 1 fully saturated rings. The standard InChI is InChI=1S/C25H28F3N5O2S/c1-4-33-7-5-20(6-8-33)35-21-10-17(9-18(11-21)23-29-12-15(2)36-23)22(34)32-16(3)19-13-30-24(31-14-19)25(26,27)28/h9-14,16,20H,4-8H2,1-3H3,(H,32,34)/t16-/m1/s1. The fourth-order valence-electron chi connectivity index (χ4n) is 4.02. The van der Waals surface area contributed by atoms with Gasteiger partial charge in [-0.1, -0.05) is 6.92 Å². The molecule has 1 amide bonds. The summed E-state index contributed by atoms with van der Waals surface area (Å²) in [5.41, 5.74) is 1.51. The lowest BCUT2D eigenvalue weighted by Crippen LogP contribution is -2.38. The van der Waals surface area contributed by atoms with E-state index in [0.29, 0.717) is 16.9 Å². The normalized spacial score (nSPS) is 16.1. The van der Waals surface area contributed by atoms with E-state index in [1.165, 1.54) is 11.3 Å². The predicted octanol–water partition coefficient (Wildman–Crippen LogP) is 5.28. The van der Waals surface area contributed by atoms with Gasteiger partial charge in [0.2, 0.25) is 5.82 Å². The molecule has 0 saturated carbocycles. The maximum absolute atomic E-state index is 13.2. The van der Waals surface area contributed by atoms with Crippen LogP contribution in [0.4, 0.5) is 13.2 Å². The molecule has 11 heteroatoms. The van der Waals surface area contributed by atoms with Gasteiger partial charge in [0, 0.05) is 53.2 Å². The number of ether oxygens (including phenoxy) is 1. The largest absolute Gasteiger partial charge is 0.490 e. The third-order valence-electron chi connectivity index (χ3n) is 6.09. The molecule has 0 unspecified atom stereocenters. The van der Waals surface area contributed by atoms with Crippen molar-refractivity contribution in [1.29, 1.82) is 0 Å². The van der Waals surface area contributed by atoms with Gasteiger partial charge in [-0.05, 0) is 51.4 Å². The highest BCUT2D eigenvalue weighted by Gasteiger charge is 2.34. The Morgan fingerprint density at radius 2 is 1.86 bits per heavy atom. The molecular weight excluding hydrogens is 491 g/mol. The summed E-state index contributed by atoms with van der Waals surface area (Å²) in [6.45, 7) is 8.71. The Hall–Kier alpha value is -3.05. The summed E-state index contributed by atoms with van der Waals surface area (Å²) in [7, 11) is 0. The molecule has 4 rings (SSSR count). The van der Waals surface area contributed by atoms with Crippen LogP contribution in [-0.2, 0) is 6.18 Å². The van der Waals surface area contributed by atoms with Crippen molar-refractivity contribution >= 4 is 17.2 Å². The van der Waals surface area contributed by atoms with Crippen molar-refractivity contribution < 1.29 is 22.7 Å². The number of nitrogens with zero attached hydrogens (tertiary/aromatic N) is 4. The van der Waals surface area contributed by atoms with E-state index in [4.69, 9.17) is 4.74 Å². The number of aryl methyl sites for hydroxylation is 1. The van der Waals surface area contributed by atoms with Gasteiger partial charge in [0.25, 0.3) is 5.91 Å². The molecular formula is C25H28F3N5O2S. The number of nitrogens with one attached hydrogen (secondary N) is 1. The topological polar surface area (TPSA) is 80.2 Å². The zero-order chi connectivity index (χ0) is 25.9. The molecule has 1 aromatic carbocycles. The summed E-state index contributed by atoms with van der Waals surface area (Å²) < 4.78 is 44.6. The zero-order valence-electron chi connectivity index (χ0n) is 20.3. The quantitative estimate of drug-likeness (QED) is 0.458. The molecule has 192 valence electrons. The number of benzene rings is 1. The first-order valence-corrected chi connectivity index (χ1v) is 12.6. The highest BCUT2D eigenvalue weighted by Crippen LogP contribution is 2.31. The second-order valence-electron chi connectivity index (χ2n) is 8.81. The van der Waals surface area contributed by atoms with Crippen molar-refractivity contribution in [2.45, 2.75) is 51.9 Å². The Bertz CT molecular complexity index is 1190. The lowest BCUT2D eigenvalue weighted by Gasteiger charge is -2.31. The second kappa shape index (κ2) is 10.9. The molecule has 0 radical (unpaired) electrons. The molecule has 36 heavy (non-hydrogen) atoms. The molecule has 1 atom stereocenters. The summed E-state index contributed by atoms with van der Waals surface area (Å²) in [5.74, 6) is -1.02. The smallest absolute Gasteiger partial charge is 0.451 e. The van der Waals surface area contributed by atoms with Crippen LogP contribution in [0.25, 0.3) is 10.6 Å². The van der Waals surface area contributed by atoms with E-state index in [9.17, 15) is 18.0 Å². The fraction of sp³-hybridized carbons (Fsp3) is 0.440. The van der Waals surface area contributed by atoms with Gasteiger partial charge >= 0.3 is 6.18 Å². The van der Waals surface area contributed by atoms with Crippen molar-refractivity contribution in [2.24, 2.45) is 0 Å². The number of rotatable bonds is 7. The lowest BCUT2D eigenvalue weighted by molar-refractivity contribution is -0.145. The minimum Gasteiger partial charge on any atom is -0.490 e. The minimum absolute atomic E-state index is 0.0558. The Balaban J connectivity index is 1.54. The number of halogens is 3. The number of hydrogen-bond acceptors (Lipinski definition) is 7. The van der Waals surface area contributed by atoms with Crippen LogP contribution in [0.2, 0.25) is 0 Å². The van der Waals surface area contributed by atoms with Crippen molar-refractivity contribution in [3.05, 3.63) is 58.6 Å². The highest BCUT2D eigenvalue weighted by atomic mass is 32.1. The average molecular weight is 520 g/mol. The van der Waals surface area contributed by atoms with Crippen LogP contribution in [0.1, 0.15) is 59.4 Å². The number of piperidine rings is 1. The molecule has 3 aromatic rings. The molecule has 7 nitrogen and oxygen atoms in total. The Labute approximate surface area is 211 Å². The highest BCUT2D eigenvalue weighted by molar-refractivity contribution is 7.14. The van der Waals surface area contributed by atoms with Gasteiger partial charge < -0.3 is 15.0 Å². The first kappa shape index (κ1) is 26.0. The second-order valence-corrected chi connectivity index (χ2v) is 10.0. The van der Waals surface area contributed by atoms with Gasteiger partial charge in [0.15, 0.2) is 0 Å². The van der Waals surface area contributed by atoms with E-state index in [-0.39, 0.29) is 12.0 Å². The summed E-state index contributed by atoms with van der Waals surface area (Å²) in [6.07, 6.45) is 1.17. The number of alkyl halides is 3. The van der Waals surface area contributed by atoms with Crippen LogP contribution in [0.3, 0.4) is 0 Å². The summed E-state index contributed by atoms with van der Waals surface area (Å²) in [5, 5.41) is 3.59. The third-order valence-corrected chi connectivity index (χ3v) is 7.06. The number of aromatic nitrogens is 3. The third kappa shape index (κ3) is 6.38. The van der Waals surface area contributed by atoms with Crippen molar-refractivity contribution in [3.63, 3.8) is 0 Å². The molecule has 0 spiro atoms. The van der Waals surface area contributed by atoms with E-state index in [2.05, 4.69) is 32.1 Å². The van der Waals surface area contributed by atoms with E-state index in [1.807, 2.05) is 13.0 Å². The SMILES string of the molecule is CCN1CCC(Oc2cc(C(=O)N[C@H](C)c3cnc(C(F)(F)F)nc3)cc(-c3ncc(C)s3)c2)CC1. The molecule has 0 bridgehead atoms. The summed E-state index contributed by atoms with van der Waals surface area (Å²) in [4.78, 5) is 27.8. The van der Waals surface area contributed by atoms with Crippen LogP contribution >= 0.6 is 11.3 Å². The maximum atomic E-state index is 13.2. The zero-order valence-corrected chi connectivity index (χ0v) is 21.1. The minimum atomic E-state index is -4.62. The van der Waals surface area contributed by atoms with Gasteiger partial charge in [0.05, 0.1) is 6.04 Å². The summed E-state index contributed by atoms with van der Waals surface area (Å²) >= 11 is 1.52. The molecule has 1 saturated heterocycles. The Morgan fingerprint density at radius 1 is 1.17 bits per heavy atom. The van der Waals surface area contributed by atoms with E-state index in [0.717, 1.165) is 60.3 Å². The monoisotopic (exact) mass is 519 g/mol. The molecule has 0 aliphatic carbocycles. The number of amides is 1. The van der Waals surface area contributed by atoms with Gasteiger partial charge in [-0.2, -0.15) is 13.2 Å². The molecule has 1 N–H and O–H groups in total. The van der Waals surface area contributed by atoms with Gasteiger partial charge in [0.1, 0.15) is 16.9 Å². The van der Waals surface area contributed by atoms with E-state index in [1.54, 1.807) is 25.3 Å². The molecule has 1 aliphatic heterocycles. The summed E-state index contributed by atoms with van der Waals surface area (Å²) in [6, 6.07) is 4.74. The van der Waals surface area contributed by atoms with Crippen LogP contribution < -0.4 is 10.1 Å². The van der Waals surface area contributed by atoms with E-state index < -0.39 is 18.0 Å². The molecule has 2 aromatic heterocycles. The van der Waals surface area contributed by atoms with Crippen molar-refractivity contribution in [2.75, 3.05) is 19.6 Å². The number of hydrogen-bond donors (Lipinski definition) is 1. The number of carbonyl (C=O) groups excluding carboxylic acids is 1. The Kier molecular flexibility index (Phi) is 7.89. The van der Waals surface area contributed by atoms with Gasteiger partial charge in [-0.25, -0.2) is 15.0 Å². The predicted molar refractivity (Wildman–Crippen MR) is 131 cm³/mol. The van der Waals surface area contributed by atoms with Gasteiger partial charge in [-0.3, -0.25) is 4.79 Å². The first-order chi connectivity index (χ1) is 17.1. The van der Waals surface area contributed by atoms with Crippen molar-refractivity contribution in [1.82, 2.24) is 25.2 Å². The van der Waals surface area contributed by atoms with Crippen LogP contribution in [-0.4, -0.2) is 51.5 Å². The van der Waals surface area contributed by atoms with Crippen LogP contribution in [0, 0.1) is 6.92 Å². The van der Waals surface area contributed by atoms with Gasteiger partial charge in [-0.15, -0.1) is 11.3 Å². The van der Waals surface area contributed by atoms with Crippen LogP contribution in [0.15, 0.2) is 36.8 Å².